The average molecular weight is 302 g/mol. The van der Waals surface area contributed by atoms with Crippen molar-refractivity contribution < 1.29 is 24.3 Å². The second-order valence-corrected chi connectivity index (χ2v) is 4.40. The third-order valence-corrected chi connectivity index (χ3v) is 2.49. The van der Waals surface area contributed by atoms with E-state index in [1.807, 2.05) is 6.92 Å². The number of hydrogen-bond acceptors (Lipinski definition) is 4. The van der Waals surface area contributed by atoms with E-state index < -0.39 is 23.9 Å². The molecule has 0 aromatic rings. The largest absolute Gasteiger partial charge is 0.480 e. The number of carbonyl (C=O) groups is 4. The highest BCUT2D eigenvalue weighted by Crippen LogP contribution is 1.97. The summed E-state index contributed by atoms with van der Waals surface area (Å²) in [6.07, 6.45) is 0.692. The number of carboxylic acids is 1. The summed E-state index contributed by atoms with van der Waals surface area (Å²) in [5, 5.41) is 16.1. The summed E-state index contributed by atoms with van der Waals surface area (Å²) in [7, 11) is 0. The molecule has 4 amide bonds. The van der Waals surface area contributed by atoms with Gasteiger partial charge in [0.1, 0.15) is 6.04 Å². The SMILES string of the molecule is CCCNC(=O)CCNC(=O)N[C@H](CCC(N)=O)C(=O)O. The molecule has 0 rings (SSSR count). The van der Waals surface area contributed by atoms with E-state index in [1.165, 1.54) is 0 Å². The molecule has 9 heteroatoms. The lowest BCUT2D eigenvalue weighted by molar-refractivity contribution is -0.139. The van der Waals surface area contributed by atoms with Gasteiger partial charge in [-0.1, -0.05) is 6.92 Å². The molecule has 0 unspecified atom stereocenters. The Morgan fingerprint density at radius 1 is 1.10 bits per heavy atom. The van der Waals surface area contributed by atoms with Gasteiger partial charge in [0.15, 0.2) is 0 Å². The normalized spacial score (nSPS) is 11.3. The smallest absolute Gasteiger partial charge is 0.326 e. The van der Waals surface area contributed by atoms with E-state index in [1.54, 1.807) is 0 Å². The van der Waals surface area contributed by atoms with Gasteiger partial charge < -0.3 is 26.8 Å². The molecule has 0 bridgehead atoms. The van der Waals surface area contributed by atoms with Crippen LogP contribution in [-0.4, -0.2) is 48.1 Å². The van der Waals surface area contributed by atoms with Crippen molar-refractivity contribution >= 4 is 23.8 Å². The molecule has 0 saturated carbocycles. The zero-order valence-electron chi connectivity index (χ0n) is 12.0. The molecule has 0 fully saturated rings. The maximum Gasteiger partial charge on any atom is 0.326 e. The summed E-state index contributed by atoms with van der Waals surface area (Å²) in [4.78, 5) is 44.2. The van der Waals surface area contributed by atoms with Crippen molar-refractivity contribution in [3.63, 3.8) is 0 Å². The van der Waals surface area contributed by atoms with E-state index in [-0.39, 0.29) is 31.7 Å². The first-order valence-corrected chi connectivity index (χ1v) is 6.69. The first-order chi connectivity index (χ1) is 9.86. The number of hydrogen-bond donors (Lipinski definition) is 5. The molecule has 0 aromatic carbocycles. The number of carboxylic acid groups (broad SMARTS) is 1. The minimum Gasteiger partial charge on any atom is -0.480 e. The molecular weight excluding hydrogens is 280 g/mol. The molecule has 120 valence electrons. The van der Waals surface area contributed by atoms with Crippen molar-refractivity contribution in [2.45, 2.75) is 38.6 Å². The van der Waals surface area contributed by atoms with E-state index in [2.05, 4.69) is 16.0 Å². The molecule has 0 spiro atoms. The van der Waals surface area contributed by atoms with Gasteiger partial charge in [-0.05, 0) is 12.8 Å². The molecule has 6 N–H and O–H groups in total. The maximum atomic E-state index is 11.5. The lowest BCUT2D eigenvalue weighted by atomic mass is 10.1. The lowest BCUT2D eigenvalue weighted by Crippen LogP contribution is -2.47. The van der Waals surface area contributed by atoms with Gasteiger partial charge in [-0.25, -0.2) is 9.59 Å². The topological polar surface area (TPSA) is 151 Å². The highest BCUT2D eigenvalue weighted by molar-refractivity contribution is 5.83. The first kappa shape index (κ1) is 18.7. The standard InChI is InChI=1S/C12H22N4O5/c1-2-6-14-10(18)5-7-15-12(21)16-8(11(19)20)3-4-9(13)17/h8H,2-7H2,1H3,(H2,13,17)(H,14,18)(H,19,20)(H2,15,16,21)/t8-/m1/s1. The Kier molecular flexibility index (Phi) is 9.31. The number of primary amides is 1. The van der Waals surface area contributed by atoms with Gasteiger partial charge in [0, 0.05) is 25.9 Å². The molecule has 0 heterocycles. The van der Waals surface area contributed by atoms with Crippen molar-refractivity contribution in [3.05, 3.63) is 0 Å². The predicted octanol–water partition coefficient (Wildman–Crippen LogP) is -1.08. The monoisotopic (exact) mass is 302 g/mol. The molecule has 0 radical (unpaired) electrons. The van der Waals surface area contributed by atoms with Crippen molar-refractivity contribution in [1.29, 1.82) is 0 Å². The molecule has 0 saturated heterocycles. The van der Waals surface area contributed by atoms with Crippen LogP contribution in [0.4, 0.5) is 4.79 Å². The molecular formula is C12H22N4O5. The third kappa shape index (κ3) is 10.2. The zero-order chi connectivity index (χ0) is 16.3. The van der Waals surface area contributed by atoms with Gasteiger partial charge in [-0.15, -0.1) is 0 Å². The van der Waals surface area contributed by atoms with Gasteiger partial charge in [-0.2, -0.15) is 0 Å². The Hall–Kier alpha value is -2.32. The molecule has 0 aliphatic rings. The van der Waals surface area contributed by atoms with Crippen LogP contribution >= 0.6 is 0 Å². The maximum absolute atomic E-state index is 11.5. The summed E-state index contributed by atoms with van der Waals surface area (Å²) in [6.45, 7) is 2.58. The van der Waals surface area contributed by atoms with E-state index >= 15 is 0 Å². The first-order valence-electron chi connectivity index (χ1n) is 6.69. The van der Waals surface area contributed by atoms with Gasteiger partial charge in [-0.3, -0.25) is 9.59 Å². The summed E-state index contributed by atoms with van der Waals surface area (Å²) < 4.78 is 0. The minimum absolute atomic E-state index is 0.0868. The Balaban J connectivity index is 4.00. The van der Waals surface area contributed by atoms with Crippen LogP contribution < -0.4 is 21.7 Å². The van der Waals surface area contributed by atoms with Crippen LogP contribution in [0.3, 0.4) is 0 Å². The Labute approximate surface area is 122 Å². The molecule has 21 heavy (non-hydrogen) atoms. The lowest BCUT2D eigenvalue weighted by Gasteiger charge is -2.14. The second kappa shape index (κ2) is 10.5. The number of nitrogens with two attached hydrogens (primary N) is 1. The third-order valence-electron chi connectivity index (χ3n) is 2.49. The van der Waals surface area contributed by atoms with E-state index in [4.69, 9.17) is 10.8 Å². The highest BCUT2D eigenvalue weighted by atomic mass is 16.4. The number of rotatable bonds is 10. The summed E-state index contributed by atoms with van der Waals surface area (Å²) >= 11 is 0. The zero-order valence-corrected chi connectivity index (χ0v) is 12.0. The van der Waals surface area contributed by atoms with Crippen molar-refractivity contribution in [2.75, 3.05) is 13.1 Å². The number of carbonyl (C=O) groups excluding carboxylic acids is 3. The number of amides is 4. The summed E-state index contributed by atoms with van der Waals surface area (Å²) in [5.74, 6) is -2.09. The number of aliphatic carboxylic acids is 1. The molecule has 1 atom stereocenters. The molecule has 0 aliphatic heterocycles. The second-order valence-electron chi connectivity index (χ2n) is 4.40. The average Bonchev–Trinajstić information content (AvgIpc) is 2.40. The Bertz CT molecular complexity index is 386. The van der Waals surface area contributed by atoms with Gasteiger partial charge in [0.05, 0.1) is 0 Å². The fourth-order valence-electron chi connectivity index (χ4n) is 1.40. The number of nitrogens with one attached hydrogen (secondary N) is 3. The van der Waals surface area contributed by atoms with Crippen LogP contribution in [0.5, 0.6) is 0 Å². The van der Waals surface area contributed by atoms with Gasteiger partial charge in [0.2, 0.25) is 11.8 Å². The van der Waals surface area contributed by atoms with E-state index in [0.717, 1.165) is 6.42 Å². The highest BCUT2D eigenvalue weighted by Gasteiger charge is 2.20. The molecule has 0 aliphatic carbocycles. The van der Waals surface area contributed by atoms with Crippen LogP contribution in [0.15, 0.2) is 0 Å². The Morgan fingerprint density at radius 2 is 1.76 bits per heavy atom. The Morgan fingerprint density at radius 3 is 2.29 bits per heavy atom. The summed E-state index contributed by atoms with van der Waals surface area (Å²) in [5.41, 5.74) is 4.92. The predicted molar refractivity (Wildman–Crippen MR) is 74.3 cm³/mol. The van der Waals surface area contributed by atoms with E-state index in [9.17, 15) is 19.2 Å². The van der Waals surface area contributed by atoms with Crippen LogP contribution in [0.25, 0.3) is 0 Å². The van der Waals surface area contributed by atoms with Crippen molar-refractivity contribution in [1.82, 2.24) is 16.0 Å². The quantitative estimate of drug-likeness (QED) is 0.348. The number of urea groups is 1. The van der Waals surface area contributed by atoms with Gasteiger partial charge >= 0.3 is 12.0 Å². The van der Waals surface area contributed by atoms with Crippen LogP contribution in [-0.2, 0) is 14.4 Å². The van der Waals surface area contributed by atoms with Crippen LogP contribution in [0.1, 0.15) is 32.6 Å². The fourth-order valence-corrected chi connectivity index (χ4v) is 1.40. The van der Waals surface area contributed by atoms with Crippen molar-refractivity contribution in [2.24, 2.45) is 5.73 Å². The van der Waals surface area contributed by atoms with Gasteiger partial charge in [0.25, 0.3) is 0 Å². The van der Waals surface area contributed by atoms with Crippen LogP contribution in [0, 0.1) is 0 Å². The van der Waals surface area contributed by atoms with E-state index in [0.29, 0.717) is 6.54 Å². The molecule has 9 nitrogen and oxygen atoms in total. The summed E-state index contributed by atoms with van der Waals surface area (Å²) in [6, 6.07) is -1.92. The van der Waals surface area contributed by atoms with Crippen molar-refractivity contribution in [3.8, 4) is 0 Å². The van der Waals surface area contributed by atoms with Crippen LogP contribution in [0.2, 0.25) is 0 Å². The fraction of sp³-hybridized carbons (Fsp3) is 0.667. The molecule has 0 aromatic heterocycles. The minimum atomic E-state index is -1.26.